The molecule has 0 bridgehead atoms. The van der Waals surface area contributed by atoms with E-state index in [1.165, 1.54) is 6.07 Å². The van der Waals surface area contributed by atoms with Crippen LogP contribution in [0.4, 0.5) is 4.39 Å². The summed E-state index contributed by atoms with van der Waals surface area (Å²) in [5.74, 6) is -0.0328. The first-order chi connectivity index (χ1) is 9.15. The van der Waals surface area contributed by atoms with Crippen LogP contribution in [0.15, 0.2) is 24.3 Å². The predicted molar refractivity (Wildman–Crippen MR) is 73.4 cm³/mol. The molecular weight excluding hydrogens is 243 g/mol. The average Bonchev–Trinajstić information content (AvgIpc) is 2.61. The lowest BCUT2D eigenvalue weighted by Gasteiger charge is -2.26. The fraction of sp³-hybridized carbons (Fsp3) is 0.533. The molecule has 0 aliphatic carbocycles. The highest BCUT2D eigenvalue weighted by atomic mass is 19.1. The van der Waals surface area contributed by atoms with E-state index >= 15 is 0 Å². The fourth-order valence-electron chi connectivity index (χ4n) is 2.48. The Bertz CT molecular complexity index is 436. The maximum absolute atomic E-state index is 13.1. The number of halogens is 1. The van der Waals surface area contributed by atoms with E-state index in [9.17, 15) is 9.18 Å². The lowest BCUT2D eigenvalue weighted by Crippen LogP contribution is -2.36. The molecule has 1 aliphatic heterocycles. The van der Waals surface area contributed by atoms with Gasteiger partial charge in [0.25, 0.3) is 0 Å². The van der Waals surface area contributed by atoms with Crippen molar-refractivity contribution in [2.24, 2.45) is 0 Å². The standard InChI is InChI=1S/C15H21FN2O/c1-12(18-9-7-15(19)17-8-10-18)5-6-13-3-2-4-14(16)11-13/h2-4,11-12H,5-10H2,1H3,(H,17,19). The number of amides is 1. The van der Waals surface area contributed by atoms with Gasteiger partial charge < -0.3 is 5.32 Å². The zero-order valence-electron chi connectivity index (χ0n) is 11.4. The number of hydrogen-bond donors (Lipinski definition) is 1. The molecule has 19 heavy (non-hydrogen) atoms. The zero-order valence-corrected chi connectivity index (χ0v) is 11.4. The molecule has 0 saturated carbocycles. The van der Waals surface area contributed by atoms with E-state index in [-0.39, 0.29) is 11.7 Å². The largest absolute Gasteiger partial charge is 0.355 e. The first-order valence-corrected chi connectivity index (χ1v) is 6.90. The summed E-state index contributed by atoms with van der Waals surface area (Å²) in [6.45, 7) is 4.62. The number of carbonyl (C=O) groups excluding carboxylic acids is 1. The normalized spacial score (nSPS) is 18.7. The molecule has 0 spiro atoms. The third-order valence-electron chi connectivity index (χ3n) is 3.71. The molecule has 1 N–H and O–H groups in total. The van der Waals surface area contributed by atoms with Gasteiger partial charge in [0.1, 0.15) is 5.82 Å². The van der Waals surface area contributed by atoms with Crippen molar-refractivity contribution in [1.82, 2.24) is 10.2 Å². The number of benzene rings is 1. The summed E-state index contributed by atoms with van der Waals surface area (Å²) in [7, 11) is 0. The number of aryl methyl sites for hydroxylation is 1. The van der Waals surface area contributed by atoms with Crippen LogP contribution in [0.2, 0.25) is 0 Å². The molecule has 1 aromatic carbocycles. The van der Waals surface area contributed by atoms with Gasteiger partial charge in [0.05, 0.1) is 0 Å². The lowest BCUT2D eigenvalue weighted by atomic mass is 10.0. The molecule has 104 valence electrons. The van der Waals surface area contributed by atoms with Gasteiger partial charge in [-0.2, -0.15) is 0 Å². The SMILES string of the molecule is CC(CCc1cccc(F)c1)N1CCNC(=O)CC1. The Balaban J connectivity index is 1.83. The zero-order chi connectivity index (χ0) is 13.7. The second-order valence-corrected chi connectivity index (χ2v) is 5.15. The molecule has 1 heterocycles. The van der Waals surface area contributed by atoms with Crippen LogP contribution >= 0.6 is 0 Å². The highest BCUT2D eigenvalue weighted by molar-refractivity contribution is 5.76. The molecular formula is C15H21FN2O. The van der Waals surface area contributed by atoms with Crippen LogP contribution in [0.25, 0.3) is 0 Å². The van der Waals surface area contributed by atoms with Gasteiger partial charge in [-0.1, -0.05) is 12.1 Å². The monoisotopic (exact) mass is 264 g/mol. The van der Waals surface area contributed by atoms with Crippen molar-refractivity contribution in [3.05, 3.63) is 35.6 Å². The highest BCUT2D eigenvalue weighted by Crippen LogP contribution is 2.12. The summed E-state index contributed by atoms with van der Waals surface area (Å²) in [5, 5.41) is 2.88. The smallest absolute Gasteiger partial charge is 0.221 e. The number of nitrogens with one attached hydrogen (secondary N) is 1. The number of nitrogens with zero attached hydrogens (tertiary/aromatic N) is 1. The second-order valence-electron chi connectivity index (χ2n) is 5.15. The minimum Gasteiger partial charge on any atom is -0.355 e. The Morgan fingerprint density at radius 3 is 3.05 bits per heavy atom. The summed E-state index contributed by atoms with van der Waals surface area (Å²) in [6.07, 6.45) is 2.43. The molecule has 0 aromatic heterocycles. The predicted octanol–water partition coefficient (Wildman–Crippen LogP) is 1.97. The van der Waals surface area contributed by atoms with Crippen LogP contribution in [0.3, 0.4) is 0 Å². The fourth-order valence-corrected chi connectivity index (χ4v) is 2.48. The van der Waals surface area contributed by atoms with E-state index in [1.807, 2.05) is 6.07 Å². The minimum absolute atomic E-state index is 0.139. The summed E-state index contributed by atoms with van der Waals surface area (Å²) in [4.78, 5) is 13.6. The van der Waals surface area contributed by atoms with Crippen LogP contribution in [0.5, 0.6) is 0 Å². The van der Waals surface area contributed by atoms with Crippen molar-refractivity contribution in [2.75, 3.05) is 19.6 Å². The number of rotatable bonds is 4. The van der Waals surface area contributed by atoms with Crippen LogP contribution in [0.1, 0.15) is 25.3 Å². The molecule has 2 rings (SSSR count). The first kappa shape index (κ1) is 14.0. The Labute approximate surface area is 113 Å². The Morgan fingerprint density at radius 1 is 1.42 bits per heavy atom. The Kier molecular flexibility index (Phi) is 4.91. The molecule has 3 nitrogen and oxygen atoms in total. The molecule has 1 aliphatic rings. The van der Waals surface area contributed by atoms with Gasteiger partial charge in [0, 0.05) is 32.1 Å². The van der Waals surface area contributed by atoms with E-state index < -0.39 is 0 Å². The van der Waals surface area contributed by atoms with Crippen molar-refractivity contribution in [3.63, 3.8) is 0 Å². The molecule has 1 fully saturated rings. The van der Waals surface area contributed by atoms with Gasteiger partial charge in [-0.3, -0.25) is 9.69 Å². The Hall–Kier alpha value is -1.42. The maximum atomic E-state index is 13.1. The highest BCUT2D eigenvalue weighted by Gasteiger charge is 2.18. The molecule has 1 amide bonds. The van der Waals surface area contributed by atoms with Crippen LogP contribution < -0.4 is 5.32 Å². The minimum atomic E-state index is -0.172. The van der Waals surface area contributed by atoms with Gasteiger partial charge in [-0.05, 0) is 37.5 Å². The van der Waals surface area contributed by atoms with Crippen molar-refractivity contribution in [1.29, 1.82) is 0 Å². The van der Waals surface area contributed by atoms with E-state index in [1.54, 1.807) is 12.1 Å². The van der Waals surface area contributed by atoms with Gasteiger partial charge in [-0.25, -0.2) is 4.39 Å². The van der Waals surface area contributed by atoms with E-state index in [2.05, 4.69) is 17.1 Å². The summed E-state index contributed by atoms with van der Waals surface area (Å²) < 4.78 is 13.1. The van der Waals surface area contributed by atoms with E-state index in [0.717, 1.165) is 38.0 Å². The van der Waals surface area contributed by atoms with Crippen molar-refractivity contribution < 1.29 is 9.18 Å². The maximum Gasteiger partial charge on any atom is 0.221 e. The molecule has 1 unspecified atom stereocenters. The summed E-state index contributed by atoms with van der Waals surface area (Å²) >= 11 is 0. The third kappa shape index (κ3) is 4.31. The summed E-state index contributed by atoms with van der Waals surface area (Å²) in [6, 6.07) is 7.20. The van der Waals surface area contributed by atoms with Gasteiger partial charge in [-0.15, -0.1) is 0 Å². The molecule has 1 aromatic rings. The number of carbonyl (C=O) groups is 1. The Morgan fingerprint density at radius 2 is 2.26 bits per heavy atom. The van der Waals surface area contributed by atoms with Crippen LogP contribution in [-0.2, 0) is 11.2 Å². The van der Waals surface area contributed by atoms with Crippen molar-refractivity contribution in [2.45, 2.75) is 32.2 Å². The van der Waals surface area contributed by atoms with Crippen molar-refractivity contribution in [3.8, 4) is 0 Å². The number of hydrogen-bond acceptors (Lipinski definition) is 2. The summed E-state index contributed by atoms with van der Waals surface area (Å²) in [5.41, 5.74) is 1.04. The quantitative estimate of drug-likeness (QED) is 0.901. The van der Waals surface area contributed by atoms with Crippen LogP contribution in [0, 0.1) is 5.82 Å². The van der Waals surface area contributed by atoms with Crippen LogP contribution in [-0.4, -0.2) is 36.5 Å². The van der Waals surface area contributed by atoms with Gasteiger partial charge in [0.2, 0.25) is 5.91 Å². The molecule has 1 atom stereocenters. The lowest BCUT2D eigenvalue weighted by molar-refractivity contribution is -0.120. The topological polar surface area (TPSA) is 32.3 Å². The van der Waals surface area contributed by atoms with Gasteiger partial charge >= 0.3 is 0 Å². The molecule has 1 saturated heterocycles. The third-order valence-corrected chi connectivity index (χ3v) is 3.71. The average molecular weight is 264 g/mol. The first-order valence-electron chi connectivity index (χ1n) is 6.90. The van der Waals surface area contributed by atoms with E-state index in [4.69, 9.17) is 0 Å². The molecule has 4 heteroatoms. The second kappa shape index (κ2) is 6.66. The van der Waals surface area contributed by atoms with Crippen molar-refractivity contribution >= 4 is 5.91 Å². The van der Waals surface area contributed by atoms with Gasteiger partial charge in [0.15, 0.2) is 0 Å². The van der Waals surface area contributed by atoms with E-state index in [0.29, 0.717) is 12.5 Å². The molecule has 0 radical (unpaired) electrons.